The molecule has 0 saturated carbocycles. The maximum absolute atomic E-state index is 10.7. The zero-order valence-electron chi connectivity index (χ0n) is 12.2. The molecule has 0 unspecified atom stereocenters. The second-order valence-corrected chi connectivity index (χ2v) is 5.41. The van der Waals surface area contributed by atoms with Crippen LogP contribution in [-0.4, -0.2) is 34.2 Å². The molecule has 0 spiro atoms. The largest absolute Gasteiger partial charge is 0.494 e. The van der Waals surface area contributed by atoms with E-state index >= 15 is 0 Å². The van der Waals surface area contributed by atoms with Crippen molar-refractivity contribution < 1.29 is 22.1 Å². The van der Waals surface area contributed by atoms with Gasteiger partial charge in [0.25, 0.3) is 10.1 Å². The van der Waals surface area contributed by atoms with Gasteiger partial charge in [0.1, 0.15) is 12.0 Å². The molecule has 0 atom stereocenters. The van der Waals surface area contributed by atoms with Crippen molar-refractivity contribution in [2.24, 2.45) is 0 Å². The quantitative estimate of drug-likeness (QED) is 0.419. The molecule has 1 aromatic rings. The Bertz CT molecular complexity index is 465. The molecule has 0 amide bonds. The van der Waals surface area contributed by atoms with E-state index in [-0.39, 0.29) is 6.61 Å². The van der Waals surface area contributed by atoms with E-state index in [0.717, 1.165) is 12.5 Å². The number of benzene rings is 1. The van der Waals surface area contributed by atoms with Crippen LogP contribution in [0.4, 0.5) is 0 Å². The van der Waals surface area contributed by atoms with Crippen molar-refractivity contribution in [1.82, 2.24) is 0 Å². The molecule has 114 valence electrons. The van der Waals surface area contributed by atoms with Crippen molar-refractivity contribution in [3.8, 4) is 5.75 Å². The normalized spacial score (nSPS) is 10.3. The summed E-state index contributed by atoms with van der Waals surface area (Å²) < 4.78 is 31.3. The molecule has 20 heavy (non-hydrogen) atoms. The lowest BCUT2D eigenvalue weighted by atomic mass is 10.2. The number of aldehydes is 1. The Hall–Kier alpha value is -1.40. The van der Waals surface area contributed by atoms with Crippen LogP contribution in [0.3, 0.4) is 0 Å². The minimum Gasteiger partial charge on any atom is -0.494 e. The number of hydrogen-bond acceptors (Lipinski definition) is 5. The summed E-state index contributed by atoms with van der Waals surface area (Å²) >= 11 is 0. The second kappa shape index (κ2) is 10.4. The van der Waals surface area contributed by atoms with E-state index in [9.17, 15) is 13.2 Å². The van der Waals surface area contributed by atoms with E-state index in [1.54, 1.807) is 24.3 Å². The molecule has 0 aliphatic carbocycles. The predicted molar refractivity (Wildman–Crippen MR) is 78.7 cm³/mol. The van der Waals surface area contributed by atoms with E-state index in [2.05, 4.69) is 4.18 Å². The first-order valence-electron chi connectivity index (χ1n) is 6.54. The molecule has 0 aliphatic heterocycles. The average Bonchev–Trinajstić information content (AvgIpc) is 2.44. The zero-order valence-corrected chi connectivity index (χ0v) is 13.0. The first kappa shape index (κ1) is 18.6. The maximum atomic E-state index is 10.7. The van der Waals surface area contributed by atoms with Gasteiger partial charge in [0.15, 0.2) is 0 Å². The smallest absolute Gasteiger partial charge is 0.264 e. The third kappa shape index (κ3) is 9.52. The molecular weight excluding hydrogens is 280 g/mol. The third-order valence-electron chi connectivity index (χ3n) is 2.12. The Morgan fingerprint density at radius 1 is 1.05 bits per heavy atom. The van der Waals surface area contributed by atoms with Crippen molar-refractivity contribution >= 4 is 16.4 Å². The van der Waals surface area contributed by atoms with Crippen LogP contribution in [-0.2, 0) is 14.3 Å². The SMILES string of the molecule is CC.CS(=O)(=O)OCCCCOc1ccc(C=O)cc1. The molecule has 0 aliphatic rings. The number of hydrogen-bond donors (Lipinski definition) is 0. The van der Waals surface area contributed by atoms with E-state index < -0.39 is 10.1 Å². The standard InChI is InChI=1S/C12H16O5S.C2H6/c1-18(14,15)17-9-3-2-8-16-12-6-4-11(10-13)5-7-12;1-2/h4-7,10H,2-3,8-9H2,1H3;1-2H3. The lowest BCUT2D eigenvalue weighted by Crippen LogP contribution is -2.05. The van der Waals surface area contributed by atoms with Crippen LogP contribution >= 0.6 is 0 Å². The molecule has 0 saturated heterocycles. The Balaban J connectivity index is 0.00000172. The van der Waals surface area contributed by atoms with Crippen LogP contribution in [0.2, 0.25) is 0 Å². The van der Waals surface area contributed by atoms with Crippen LogP contribution in [0, 0.1) is 0 Å². The summed E-state index contributed by atoms with van der Waals surface area (Å²) in [4.78, 5) is 10.4. The lowest BCUT2D eigenvalue weighted by Gasteiger charge is -2.06. The van der Waals surface area contributed by atoms with E-state index in [4.69, 9.17) is 4.74 Å². The zero-order chi connectivity index (χ0) is 15.4. The Kier molecular flexibility index (Phi) is 9.67. The molecule has 0 bridgehead atoms. The molecule has 0 radical (unpaired) electrons. The van der Waals surface area contributed by atoms with Gasteiger partial charge in [-0.2, -0.15) is 8.42 Å². The van der Waals surface area contributed by atoms with Gasteiger partial charge < -0.3 is 4.74 Å². The highest BCUT2D eigenvalue weighted by molar-refractivity contribution is 7.85. The number of ether oxygens (including phenoxy) is 1. The Morgan fingerprint density at radius 2 is 1.60 bits per heavy atom. The molecule has 0 N–H and O–H groups in total. The highest BCUT2D eigenvalue weighted by Crippen LogP contribution is 2.11. The summed E-state index contributed by atoms with van der Waals surface area (Å²) in [7, 11) is -3.35. The number of carbonyl (C=O) groups is 1. The fraction of sp³-hybridized carbons (Fsp3) is 0.500. The molecule has 0 fully saturated rings. The monoisotopic (exact) mass is 302 g/mol. The molecule has 0 heterocycles. The fourth-order valence-electron chi connectivity index (χ4n) is 1.25. The first-order valence-corrected chi connectivity index (χ1v) is 8.35. The van der Waals surface area contributed by atoms with Crippen molar-refractivity contribution in [3.63, 3.8) is 0 Å². The molecule has 6 heteroatoms. The van der Waals surface area contributed by atoms with Crippen LogP contribution in [0.15, 0.2) is 24.3 Å². The molecular formula is C14H22O5S. The molecule has 1 rings (SSSR count). The summed E-state index contributed by atoms with van der Waals surface area (Å²) in [6.45, 7) is 4.65. The van der Waals surface area contributed by atoms with Gasteiger partial charge in [0.2, 0.25) is 0 Å². The van der Waals surface area contributed by atoms with Crippen molar-refractivity contribution in [3.05, 3.63) is 29.8 Å². The minimum atomic E-state index is -3.35. The summed E-state index contributed by atoms with van der Waals surface area (Å²) in [6.07, 6.45) is 3.11. The predicted octanol–water partition coefficient (Wildman–Crippen LogP) is 2.66. The van der Waals surface area contributed by atoms with Gasteiger partial charge >= 0.3 is 0 Å². The third-order valence-corrected chi connectivity index (χ3v) is 2.72. The number of rotatable bonds is 8. The van der Waals surface area contributed by atoms with Crippen LogP contribution in [0.25, 0.3) is 0 Å². The van der Waals surface area contributed by atoms with E-state index in [0.29, 0.717) is 30.8 Å². The summed E-state index contributed by atoms with van der Waals surface area (Å²) in [5.74, 6) is 0.685. The topological polar surface area (TPSA) is 69.7 Å². The maximum Gasteiger partial charge on any atom is 0.264 e. The van der Waals surface area contributed by atoms with Gasteiger partial charge in [0, 0.05) is 5.56 Å². The average molecular weight is 302 g/mol. The van der Waals surface area contributed by atoms with Crippen LogP contribution in [0.5, 0.6) is 5.75 Å². The highest BCUT2D eigenvalue weighted by Gasteiger charge is 2.00. The molecule has 0 aromatic heterocycles. The van der Waals surface area contributed by atoms with Gasteiger partial charge in [-0.15, -0.1) is 0 Å². The minimum absolute atomic E-state index is 0.173. The van der Waals surface area contributed by atoms with Gasteiger partial charge in [-0.1, -0.05) is 13.8 Å². The van der Waals surface area contributed by atoms with Crippen LogP contribution < -0.4 is 4.74 Å². The lowest BCUT2D eigenvalue weighted by molar-refractivity contribution is 0.112. The van der Waals surface area contributed by atoms with E-state index in [1.165, 1.54) is 0 Å². The summed E-state index contributed by atoms with van der Waals surface area (Å²) in [5.41, 5.74) is 0.601. The van der Waals surface area contributed by atoms with Crippen molar-refractivity contribution in [2.45, 2.75) is 26.7 Å². The van der Waals surface area contributed by atoms with Gasteiger partial charge in [-0.05, 0) is 37.1 Å². The van der Waals surface area contributed by atoms with Gasteiger partial charge in [0.05, 0.1) is 19.5 Å². The van der Waals surface area contributed by atoms with Gasteiger partial charge in [-0.3, -0.25) is 8.98 Å². The van der Waals surface area contributed by atoms with Gasteiger partial charge in [-0.25, -0.2) is 0 Å². The van der Waals surface area contributed by atoms with Crippen molar-refractivity contribution in [2.75, 3.05) is 19.5 Å². The number of carbonyl (C=O) groups excluding carboxylic acids is 1. The summed E-state index contributed by atoms with van der Waals surface area (Å²) in [5, 5.41) is 0. The molecule has 1 aromatic carbocycles. The van der Waals surface area contributed by atoms with Crippen molar-refractivity contribution in [1.29, 1.82) is 0 Å². The van der Waals surface area contributed by atoms with Crippen LogP contribution in [0.1, 0.15) is 37.0 Å². The second-order valence-electron chi connectivity index (χ2n) is 3.77. The highest BCUT2D eigenvalue weighted by atomic mass is 32.2. The number of unbranched alkanes of at least 4 members (excludes halogenated alkanes) is 1. The Morgan fingerprint density at radius 3 is 2.10 bits per heavy atom. The summed E-state index contributed by atoms with van der Waals surface area (Å²) in [6, 6.07) is 6.79. The molecule has 5 nitrogen and oxygen atoms in total. The Labute approximate surface area is 121 Å². The first-order chi connectivity index (χ1) is 9.51. The fourth-order valence-corrected chi connectivity index (χ4v) is 1.67. The van der Waals surface area contributed by atoms with E-state index in [1.807, 2.05) is 13.8 Å².